The molecule has 2 heterocycles. The van der Waals surface area contributed by atoms with Gasteiger partial charge in [0.2, 0.25) is 0 Å². The molecular weight excluding hydrogens is 526 g/mol. The number of thiophene rings is 2. The summed E-state index contributed by atoms with van der Waals surface area (Å²) >= 11 is 9.83. The average Bonchev–Trinajstić information content (AvgIpc) is 3.53. The Balaban J connectivity index is 0.000000162. The summed E-state index contributed by atoms with van der Waals surface area (Å²) in [5.74, 6) is -0.0737. The first-order valence-electron chi connectivity index (χ1n) is 8.79. The molecule has 0 aliphatic heterocycles. The Kier molecular flexibility index (Phi) is 6.65. The first-order chi connectivity index (χ1) is 13.2. The van der Waals surface area contributed by atoms with Crippen LogP contribution in [-0.4, -0.2) is 23.4 Å². The van der Waals surface area contributed by atoms with E-state index < -0.39 is 5.54 Å². The van der Waals surface area contributed by atoms with E-state index in [1.54, 1.807) is 17.4 Å². The first kappa shape index (κ1) is 21.5. The summed E-state index contributed by atoms with van der Waals surface area (Å²) < 4.78 is 1.96. The van der Waals surface area contributed by atoms with E-state index in [-0.39, 0.29) is 11.8 Å². The van der Waals surface area contributed by atoms with E-state index in [1.165, 1.54) is 11.3 Å². The zero-order chi connectivity index (χ0) is 20.5. The fourth-order valence-electron chi connectivity index (χ4n) is 2.51. The van der Waals surface area contributed by atoms with E-state index in [9.17, 15) is 9.59 Å². The van der Waals surface area contributed by atoms with Crippen LogP contribution in [0.3, 0.4) is 0 Å². The molecule has 0 spiro atoms. The Labute approximate surface area is 188 Å². The number of rotatable bonds is 4. The molecule has 0 saturated heterocycles. The zero-order valence-corrected chi connectivity index (χ0v) is 20.2. The number of nitrogens with zero attached hydrogens (tertiary/aromatic N) is 1. The third kappa shape index (κ3) is 5.44. The SMILES string of the molecule is Cc1sc(Br)cc1C(=O)NC1(C#N)CC1.Cc1sc(Br)cc1C(=O)NC1CC1. The predicted molar refractivity (Wildman–Crippen MR) is 119 cm³/mol. The Bertz CT molecular complexity index is 953. The number of hydrogen-bond donors (Lipinski definition) is 2. The van der Waals surface area contributed by atoms with E-state index in [4.69, 9.17) is 5.26 Å². The maximum absolute atomic E-state index is 11.8. The lowest BCUT2D eigenvalue weighted by atomic mass is 10.2. The van der Waals surface area contributed by atoms with Crippen molar-refractivity contribution in [1.29, 1.82) is 5.26 Å². The molecule has 2 saturated carbocycles. The second-order valence-corrected chi connectivity index (χ2v) is 12.2. The molecule has 0 atom stereocenters. The molecule has 4 rings (SSSR count). The van der Waals surface area contributed by atoms with Crippen LogP contribution in [-0.2, 0) is 0 Å². The lowest BCUT2D eigenvalue weighted by Gasteiger charge is -2.08. The van der Waals surface area contributed by atoms with E-state index >= 15 is 0 Å². The van der Waals surface area contributed by atoms with Crippen LogP contribution in [0.2, 0.25) is 0 Å². The molecule has 0 unspecified atom stereocenters. The van der Waals surface area contributed by atoms with Gasteiger partial charge in [-0.05, 0) is 83.5 Å². The Morgan fingerprint density at radius 2 is 1.57 bits per heavy atom. The number of nitriles is 1. The van der Waals surface area contributed by atoms with Gasteiger partial charge in [-0.25, -0.2) is 0 Å². The van der Waals surface area contributed by atoms with Gasteiger partial charge in [0.25, 0.3) is 11.8 Å². The molecule has 2 aliphatic rings. The van der Waals surface area contributed by atoms with Gasteiger partial charge in [-0.15, -0.1) is 22.7 Å². The van der Waals surface area contributed by atoms with Gasteiger partial charge in [-0.1, -0.05) is 0 Å². The van der Waals surface area contributed by atoms with E-state index in [0.29, 0.717) is 11.6 Å². The highest BCUT2D eigenvalue weighted by Gasteiger charge is 2.45. The minimum absolute atomic E-state index is 0.0713. The normalized spacial score (nSPS) is 16.4. The van der Waals surface area contributed by atoms with Crippen molar-refractivity contribution >= 4 is 66.3 Å². The van der Waals surface area contributed by atoms with Crippen molar-refractivity contribution in [1.82, 2.24) is 10.6 Å². The second kappa shape index (κ2) is 8.66. The number of carbonyl (C=O) groups excluding carboxylic acids is 2. The summed E-state index contributed by atoms with van der Waals surface area (Å²) in [6.07, 6.45) is 3.80. The van der Waals surface area contributed by atoms with Crippen LogP contribution in [0.4, 0.5) is 0 Å². The predicted octanol–water partition coefficient (Wildman–Crippen LogP) is 5.32. The van der Waals surface area contributed by atoms with Crippen LogP contribution >= 0.6 is 54.5 Å². The minimum Gasteiger partial charge on any atom is -0.349 e. The summed E-state index contributed by atoms with van der Waals surface area (Å²) in [6.45, 7) is 3.87. The standard InChI is InChI=1S/C10H9BrN2OS.C9H10BrNOS/c1-6-7(4-8(11)15-6)9(14)13-10(5-12)2-3-10;1-5-7(4-8(10)13-5)9(12)11-6-2-3-6/h4H,2-3H2,1H3,(H,13,14);4,6H,2-3H2,1H3,(H,11,12). The fourth-order valence-corrected chi connectivity index (χ4v) is 5.88. The molecule has 5 nitrogen and oxygen atoms in total. The third-order valence-electron chi connectivity index (χ3n) is 4.49. The van der Waals surface area contributed by atoms with Crippen LogP contribution in [0.25, 0.3) is 0 Å². The average molecular weight is 545 g/mol. The van der Waals surface area contributed by atoms with Crippen molar-refractivity contribution in [2.75, 3.05) is 0 Å². The first-order valence-corrected chi connectivity index (χ1v) is 12.0. The van der Waals surface area contributed by atoms with E-state index in [0.717, 1.165) is 48.6 Å². The van der Waals surface area contributed by atoms with Crippen molar-refractivity contribution in [3.8, 4) is 6.07 Å². The van der Waals surface area contributed by atoms with E-state index in [1.807, 2.05) is 19.9 Å². The zero-order valence-electron chi connectivity index (χ0n) is 15.4. The van der Waals surface area contributed by atoms with Crippen LogP contribution in [0.1, 0.15) is 56.2 Å². The van der Waals surface area contributed by atoms with E-state index in [2.05, 4.69) is 48.6 Å². The second-order valence-electron chi connectivity index (χ2n) is 6.94. The van der Waals surface area contributed by atoms with Gasteiger partial charge in [-0.3, -0.25) is 9.59 Å². The van der Waals surface area contributed by atoms with Crippen LogP contribution in [0.5, 0.6) is 0 Å². The smallest absolute Gasteiger partial charge is 0.253 e. The molecule has 2 fully saturated rings. The number of halogens is 2. The number of hydrogen-bond acceptors (Lipinski definition) is 5. The van der Waals surface area contributed by atoms with Crippen molar-refractivity contribution in [3.05, 3.63) is 40.6 Å². The molecule has 148 valence electrons. The maximum Gasteiger partial charge on any atom is 0.253 e. The third-order valence-corrected chi connectivity index (χ3v) is 7.60. The van der Waals surface area contributed by atoms with Gasteiger partial charge in [0.05, 0.1) is 24.8 Å². The summed E-state index contributed by atoms with van der Waals surface area (Å²) in [5, 5.41) is 14.6. The molecule has 0 bridgehead atoms. The summed E-state index contributed by atoms with van der Waals surface area (Å²) in [5.41, 5.74) is 0.884. The lowest BCUT2D eigenvalue weighted by molar-refractivity contribution is 0.0936. The summed E-state index contributed by atoms with van der Waals surface area (Å²) in [6, 6.07) is 6.26. The van der Waals surface area contributed by atoms with Gasteiger partial charge >= 0.3 is 0 Å². The van der Waals surface area contributed by atoms with Crippen LogP contribution in [0.15, 0.2) is 19.7 Å². The van der Waals surface area contributed by atoms with Gasteiger partial charge < -0.3 is 10.6 Å². The molecule has 2 amide bonds. The van der Waals surface area contributed by atoms with Crippen molar-refractivity contribution in [2.24, 2.45) is 0 Å². The molecule has 2 N–H and O–H groups in total. The summed E-state index contributed by atoms with van der Waals surface area (Å²) in [7, 11) is 0. The molecule has 0 aromatic carbocycles. The monoisotopic (exact) mass is 543 g/mol. The molecule has 28 heavy (non-hydrogen) atoms. The van der Waals surface area contributed by atoms with Crippen LogP contribution < -0.4 is 10.6 Å². The highest BCUT2D eigenvalue weighted by atomic mass is 79.9. The molecule has 0 radical (unpaired) electrons. The molecular formula is C19H19Br2N3O2S2. The Hall–Kier alpha value is -1.21. The molecule has 9 heteroatoms. The van der Waals surface area contributed by atoms with Gasteiger partial charge in [0.1, 0.15) is 5.54 Å². The number of amides is 2. The molecule has 2 aliphatic carbocycles. The fraction of sp³-hybridized carbons (Fsp3) is 0.421. The number of carbonyl (C=O) groups is 2. The topological polar surface area (TPSA) is 82.0 Å². The molecule has 2 aromatic rings. The minimum atomic E-state index is -0.585. The highest BCUT2D eigenvalue weighted by molar-refractivity contribution is 9.11. The largest absolute Gasteiger partial charge is 0.349 e. The number of nitrogens with one attached hydrogen (secondary N) is 2. The van der Waals surface area contributed by atoms with Crippen LogP contribution in [0, 0.1) is 25.2 Å². The van der Waals surface area contributed by atoms with Gasteiger partial charge in [-0.2, -0.15) is 5.26 Å². The van der Waals surface area contributed by atoms with Crippen molar-refractivity contribution < 1.29 is 9.59 Å². The maximum atomic E-state index is 11.8. The highest BCUT2D eigenvalue weighted by Crippen LogP contribution is 2.35. The Morgan fingerprint density at radius 3 is 1.93 bits per heavy atom. The van der Waals surface area contributed by atoms with Gasteiger partial charge in [0, 0.05) is 15.8 Å². The molecule has 2 aromatic heterocycles. The lowest BCUT2D eigenvalue weighted by Crippen LogP contribution is -2.35. The summed E-state index contributed by atoms with van der Waals surface area (Å²) in [4.78, 5) is 25.5. The van der Waals surface area contributed by atoms with Crippen molar-refractivity contribution in [2.45, 2.75) is 51.1 Å². The van der Waals surface area contributed by atoms with Crippen molar-refractivity contribution in [3.63, 3.8) is 0 Å². The quantitative estimate of drug-likeness (QED) is 0.546. The Morgan fingerprint density at radius 1 is 1.07 bits per heavy atom. The number of aryl methyl sites for hydroxylation is 2. The van der Waals surface area contributed by atoms with Gasteiger partial charge in [0.15, 0.2) is 0 Å².